The Balaban J connectivity index is 1.26. The summed E-state index contributed by atoms with van der Waals surface area (Å²) in [5.74, 6) is 2.83. The summed E-state index contributed by atoms with van der Waals surface area (Å²) < 4.78 is 12.9. The van der Waals surface area contributed by atoms with Gasteiger partial charge >= 0.3 is 5.97 Å². The summed E-state index contributed by atoms with van der Waals surface area (Å²) in [7, 11) is 0. The second-order valence-corrected chi connectivity index (χ2v) is 10.3. The zero-order valence-corrected chi connectivity index (χ0v) is 21.3. The SMILES string of the molecule is CCOC(=O)CN1CCC(c2cc3c(cnn3-c3cc(N4CC5CC4CO5)nc(C)n3)cc2C)CC1. The Labute approximate surface area is 211 Å². The minimum absolute atomic E-state index is 0.133. The fourth-order valence-corrected chi connectivity index (χ4v) is 6.09. The molecule has 6 rings (SSSR count). The highest BCUT2D eigenvalue weighted by Gasteiger charge is 2.40. The minimum atomic E-state index is -0.133. The van der Waals surface area contributed by atoms with Gasteiger partial charge in [-0.25, -0.2) is 14.6 Å². The molecule has 3 aromatic rings. The molecule has 2 bridgehead atoms. The van der Waals surface area contributed by atoms with Gasteiger partial charge < -0.3 is 14.4 Å². The van der Waals surface area contributed by atoms with Gasteiger partial charge in [0.15, 0.2) is 5.82 Å². The zero-order chi connectivity index (χ0) is 24.8. The molecule has 9 nitrogen and oxygen atoms in total. The van der Waals surface area contributed by atoms with E-state index in [1.807, 2.05) is 24.7 Å². The number of hydrogen-bond acceptors (Lipinski definition) is 8. The third-order valence-electron chi connectivity index (χ3n) is 7.86. The molecule has 0 radical (unpaired) electrons. The molecule has 2 unspecified atom stereocenters. The van der Waals surface area contributed by atoms with E-state index in [-0.39, 0.29) is 5.97 Å². The van der Waals surface area contributed by atoms with Gasteiger partial charge in [-0.3, -0.25) is 9.69 Å². The second kappa shape index (κ2) is 9.44. The fourth-order valence-electron chi connectivity index (χ4n) is 6.09. The number of aryl methyl sites for hydroxylation is 2. The lowest BCUT2D eigenvalue weighted by atomic mass is 9.86. The first-order valence-corrected chi connectivity index (χ1v) is 13.1. The quantitative estimate of drug-likeness (QED) is 0.487. The van der Waals surface area contributed by atoms with Crippen molar-refractivity contribution in [2.24, 2.45) is 0 Å². The van der Waals surface area contributed by atoms with Crippen molar-refractivity contribution in [2.75, 3.05) is 44.3 Å². The lowest BCUT2D eigenvalue weighted by Gasteiger charge is -2.32. The predicted octanol–water partition coefficient (Wildman–Crippen LogP) is 3.15. The first-order valence-electron chi connectivity index (χ1n) is 13.1. The normalized spacial score (nSPS) is 22.6. The molecule has 5 heterocycles. The fraction of sp³-hybridized carbons (Fsp3) is 0.556. The summed E-state index contributed by atoms with van der Waals surface area (Å²) in [6.07, 6.45) is 5.36. The molecule has 3 aliphatic rings. The molecule has 3 aliphatic heterocycles. The molecule has 0 amide bonds. The number of likely N-dealkylation sites (tertiary alicyclic amines) is 1. The average molecular weight is 491 g/mol. The van der Waals surface area contributed by atoms with Gasteiger partial charge in [-0.15, -0.1) is 0 Å². The summed E-state index contributed by atoms with van der Waals surface area (Å²) >= 11 is 0. The summed E-state index contributed by atoms with van der Waals surface area (Å²) in [6.45, 7) is 10.3. The molecule has 190 valence electrons. The molecule has 36 heavy (non-hydrogen) atoms. The molecule has 0 N–H and O–H groups in total. The van der Waals surface area contributed by atoms with Crippen molar-refractivity contribution >= 4 is 22.7 Å². The van der Waals surface area contributed by atoms with Crippen LogP contribution in [0.3, 0.4) is 0 Å². The molecule has 0 aliphatic carbocycles. The van der Waals surface area contributed by atoms with Crippen LogP contribution < -0.4 is 4.90 Å². The second-order valence-electron chi connectivity index (χ2n) is 10.3. The topological polar surface area (TPSA) is 85.6 Å². The smallest absolute Gasteiger partial charge is 0.320 e. The van der Waals surface area contributed by atoms with Gasteiger partial charge in [-0.2, -0.15) is 5.10 Å². The molecule has 0 saturated carbocycles. The molecule has 3 saturated heterocycles. The maximum absolute atomic E-state index is 11.9. The number of esters is 1. The van der Waals surface area contributed by atoms with E-state index in [2.05, 4.69) is 34.9 Å². The van der Waals surface area contributed by atoms with Crippen molar-refractivity contribution in [3.05, 3.63) is 41.3 Å². The molecule has 2 atom stereocenters. The Kier molecular flexibility index (Phi) is 6.13. The Morgan fingerprint density at radius 3 is 2.67 bits per heavy atom. The van der Waals surface area contributed by atoms with Gasteiger partial charge in [0.2, 0.25) is 0 Å². The van der Waals surface area contributed by atoms with Crippen LogP contribution in [0, 0.1) is 13.8 Å². The van der Waals surface area contributed by atoms with Gasteiger partial charge in [0, 0.05) is 18.0 Å². The van der Waals surface area contributed by atoms with E-state index in [0.29, 0.717) is 31.2 Å². The first-order chi connectivity index (χ1) is 17.5. The lowest BCUT2D eigenvalue weighted by molar-refractivity contribution is -0.144. The van der Waals surface area contributed by atoms with Crippen LogP contribution >= 0.6 is 0 Å². The van der Waals surface area contributed by atoms with Crippen molar-refractivity contribution in [1.82, 2.24) is 24.6 Å². The summed E-state index contributed by atoms with van der Waals surface area (Å²) in [5, 5.41) is 5.85. The Hall–Kier alpha value is -3.04. The highest BCUT2D eigenvalue weighted by Crippen LogP contribution is 2.35. The van der Waals surface area contributed by atoms with E-state index < -0.39 is 0 Å². The monoisotopic (exact) mass is 490 g/mol. The van der Waals surface area contributed by atoms with Crippen molar-refractivity contribution in [3.8, 4) is 5.82 Å². The average Bonchev–Trinajstić information content (AvgIpc) is 3.60. The Morgan fingerprint density at radius 1 is 1.14 bits per heavy atom. The third kappa shape index (κ3) is 4.35. The van der Waals surface area contributed by atoms with E-state index in [9.17, 15) is 4.79 Å². The summed E-state index contributed by atoms with van der Waals surface area (Å²) in [6, 6.07) is 7.00. The number of carbonyl (C=O) groups is 1. The number of rotatable bonds is 6. The number of anilines is 1. The highest BCUT2D eigenvalue weighted by atomic mass is 16.5. The van der Waals surface area contributed by atoms with Crippen LogP contribution in [0.5, 0.6) is 0 Å². The van der Waals surface area contributed by atoms with E-state index in [1.165, 1.54) is 11.1 Å². The van der Waals surface area contributed by atoms with Crippen LogP contribution in [0.25, 0.3) is 16.7 Å². The maximum atomic E-state index is 11.9. The number of ether oxygens (including phenoxy) is 2. The summed E-state index contributed by atoms with van der Waals surface area (Å²) in [4.78, 5) is 26.0. The molecule has 3 fully saturated rings. The van der Waals surface area contributed by atoms with Crippen LogP contribution in [-0.2, 0) is 14.3 Å². The number of morpholine rings is 1. The van der Waals surface area contributed by atoms with Crippen molar-refractivity contribution in [1.29, 1.82) is 0 Å². The number of hydrogen-bond donors (Lipinski definition) is 0. The molecular weight excluding hydrogens is 456 g/mol. The van der Waals surface area contributed by atoms with Crippen molar-refractivity contribution < 1.29 is 14.3 Å². The molecule has 9 heteroatoms. The number of nitrogens with zero attached hydrogens (tertiary/aromatic N) is 6. The largest absolute Gasteiger partial charge is 0.465 e. The minimum Gasteiger partial charge on any atom is -0.465 e. The van der Waals surface area contributed by atoms with E-state index in [4.69, 9.17) is 24.5 Å². The number of piperidine rings is 1. The van der Waals surface area contributed by atoms with Gasteiger partial charge in [0.05, 0.1) is 43.6 Å². The number of fused-ring (bicyclic) bond motifs is 3. The maximum Gasteiger partial charge on any atom is 0.320 e. The van der Waals surface area contributed by atoms with Crippen molar-refractivity contribution in [2.45, 2.75) is 58.1 Å². The Morgan fingerprint density at radius 2 is 1.94 bits per heavy atom. The highest BCUT2D eigenvalue weighted by molar-refractivity contribution is 5.82. The standard InChI is InChI=1S/C27H34N6O3/c1-4-35-27(34)15-31-7-5-19(6-8-31)23-11-24-20(9-17(23)2)13-28-33(24)26-12-25(29-18(3)30-26)32-14-22-10-21(32)16-36-22/h9,11-13,19,21-22H,4-8,10,14-16H2,1-3H3. The first kappa shape index (κ1) is 23.4. The van der Waals surface area contributed by atoms with Crippen LogP contribution in [0.2, 0.25) is 0 Å². The molecular formula is C27H34N6O3. The van der Waals surface area contributed by atoms with Gasteiger partial charge in [-0.05, 0) is 82.3 Å². The van der Waals surface area contributed by atoms with Crippen LogP contribution in [0.15, 0.2) is 24.4 Å². The number of aromatic nitrogens is 4. The number of benzene rings is 1. The molecule has 2 aromatic heterocycles. The molecule has 1 aromatic carbocycles. The Bertz CT molecular complexity index is 1280. The van der Waals surface area contributed by atoms with Gasteiger partial charge in [-0.1, -0.05) is 0 Å². The zero-order valence-electron chi connectivity index (χ0n) is 21.3. The predicted molar refractivity (Wildman–Crippen MR) is 137 cm³/mol. The number of carbonyl (C=O) groups excluding carboxylic acids is 1. The van der Waals surface area contributed by atoms with Gasteiger partial charge in [0.25, 0.3) is 0 Å². The lowest BCUT2D eigenvalue weighted by Crippen LogP contribution is -2.37. The van der Waals surface area contributed by atoms with Crippen LogP contribution in [-0.4, -0.2) is 82.2 Å². The van der Waals surface area contributed by atoms with Crippen molar-refractivity contribution in [3.63, 3.8) is 0 Å². The van der Waals surface area contributed by atoms with Crippen LogP contribution in [0.1, 0.15) is 49.1 Å². The third-order valence-corrected chi connectivity index (χ3v) is 7.86. The van der Waals surface area contributed by atoms with Crippen LogP contribution in [0.4, 0.5) is 5.82 Å². The van der Waals surface area contributed by atoms with Gasteiger partial charge in [0.1, 0.15) is 11.6 Å². The summed E-state index contributed by atoms with van der Waals surface area (Å²) in [5.41, 5.74) is 3.72. The van der Waals surface area contributed by atoms with E-state index in [1.54, 1.807) is 0 Å². The van der Waals surface area contributed by atoms with E-state index in [0.717, 1.165) is 73.9 Å². The molecule has 0 spiro atoms. The van der Waals surface area contributed by atoms with E-state index >= 15 is 0 Å².